The molecular formula is C22H23F7N4O7. The van der Waals surface area contributed by atoms with E-state index < -0.39 is 47.2 Å². The number of aromatic nitrogens is 2. The summed E-state index contributed by atoms with van der Waals surface area (Å²) >= 11 is 0. The Kier molecular flexibility index (Phi) is 12.6. The maximum absolute atomic E-state index is 12.8. The predicted octanol–water partition coefficient (Wildman–Crippen LogP) is 3.45. The SMILES string of the molecule is CC(=O)C(C)(C)C(N)C(=O)O.COC(=O)Nc1cnc(-c2ccc(F)cc2)[nH]c1=O.O=C(C(F)(F)F)C(F)(F)F. The van der Waals surface area contributed by atoms with Crippen molar-refractivity contribution < 1.29 is 59.8 Å². The van der Waals surface area contributed by atoms with E-state index in [-0.39, 0.29) is 23.1 Å². The number of ketones is 2. The van der Waals surface area contributed by atoms with Crippen molar-refractivity contribution in [2.75, 3.05) is 12.4 Å². The first-order chi connectivity index (χ1) is 18.0. The van der Waals surface area contributed by atoms with Crippen molar-refractivity contribution in [1.82, 2.24) is 9.97 Å². The molecule has 18 heteroatoms. The molecule has 0 aliphatic carbocycles. The summed E-state index contributed by atoms with van der Waals surface area (Å²) in [5.41, 5.74) is 4.30. The minimum atomic E-state index is -5.82. The Hall–Kier alpha value is -4.35. The van der Waals surface area contributed by atoms with Crippen LogP contribution < -0.4 is 16.6 Å². The zero-order valence-electron chi connectivity index (χ0n) is 21.0. The number of halogens is 7. The molecule has 2 rings (SSSR count). The molecule has 1 unspecified atom stereocenters. The Morgan fingerprint density at radius 3 is 1.80 bits per heavy atom. The molecule has 40 heavy (non-hydrogen) atoms. The van der Waals surface area contributed by atoms with Gasteiger partial charge in [-0.05, 0) is 31.2 Å². The molecule has 0 aliphatic heterocycles. The average Bonchev–Trinajstić information content (AvgIpc) is 2.84. The first kappa shape index (κ1) is 35.6. The maximum Gasteiger partial charge on any atom is 0.459 e. The van der Waals surface area contributed by atoms with E-state index in [4.69, 9.17) is 10.8 Å². The van der Waals surface area contributed by atoms with E-state index in [1.807, 2.05) is 0 Å². The zero-order valence-corrected chi connectivity index (χ0v) is 21.0. The van der Waals surface area contributed by atoms with Crippen molar-refractivity contribution in [2.24, 2.45) is 11.1 Å². The molecule has 1 amide bonds. The number of benzene rings is 1. The van der Waals surface area contributed by atoms with E-state index in [2.05, 4.69) is 20.0 Å². The topological polar surface area (TPSA) is 182 Å². The molecule has 2 aromatic rings. The van der Waals surface area contributed by atoms with Crippen LogP contribution in [0.1, 0.15) is 20.8 Å². The number of amides is 1. The molecule has 1 aromatic heterocycles. The molecule has 0 bridgehead atoms. The van der Waals surface area contributed by atoms with E-state index in [9.17, 15) is 54.7 Å². The standard InChI is InChI=1S/C12H10FN3O3.C7H13NO3.C3F6O/c1-19-12(18)15-9-6-14-10(16-11(9)17)7-2-4-8(13)5-3-7;1-4(9)7(2,3)5(8)6(10)11;4-2(5,6)1(10)3(7,8)9/h2-6H,1H3,(H,15,18)(H,14,16,17);5H,8H2,1-3H3,(H,10,11);. The van der Waals surface area contributed by atoms with Crippen molar-refractivity contribution in [3.8, 4) is 11.4 Å². The number of methoxy groups -OCH3 is 1. The van der Waals surface area contributed by atoms with Gasteiger partial charge in [-0.3, -0.25) is 24.5 Å². The fourth-order valence-corrected chi connectivity index (χ4v) is 2.09. The predicted molar refractivity (Wildman–Crippen MR) is 123 cm³/mol. The highest BCUT2D eigenvalue weighted by Crippen LogP contribution is 2.28. The molecule has 1 heterocycles. The highest BCUT2D eigenvalue weighted by atomic mass is 19.4. The number of carbonyl (C=O) groups excluding carboxylic acids is 3. The van der Waals surface area contributed by atoms with Crippen LogP contribution in [-0.2, 0) is 19.1 Å². The summed E-state index contributed by atoms with van der Waals surface area (Å²) in [4.78, 5) is 59.6. The van der Waals surface area contributed by atoms with Gasteiger partial charge in [-0.15, -0.1) is 0 Å². The number of hydrogen-bond donors (Lipinski definition) is 4. The molecule has 5 N–H and O–H groups in total. The Balaban J connectivity index is 0.000000623. The summed E-state index contributed by atoms with van der Waals surface area (Å²) in [6.45, 7) is 4.38. The molecule has 0 radical (unpaired) electrons. The molecule has 0 aliphatic rings. The Morgan fingerprint density at radius 2 is 1.50 bits per heavy atom. The number of carboxylic acid groups (broad SMARTS) is 1. The molecular weight excluding hydrogens is 565 g/mol. The van der Waals surface area contributed by atoms with E-state index in [1.165, 1.54) is 58.3 Å². The Bertz CT molecular complexity index is 1240. The van der Waals surface area contributed by atoms with Crippen molar-refractivity contribution in [3.05, 3.63) is 46.6 Å². The number of hydrogen-bond acceptors (Lipinski definition) is 8. The van der Waals surface area contributed by atoms with Gasteiger partial charge in [-0.1, -0.05) is 13.8 Å². The van der Waals surface area contributed by atoms with Gasteiger partial charge in [-0.25, -0.2) is 14.2 Å². The van der Waals surface area contributed by atoms with Gasteiger partial charge in [0.2, 0.25) is 0 Å². The number of H-pyrrole nitrogens is 1. The minimum absolute atomic E-state index is 0.0299. The lowest BCUT2D eigenvalue weighted by Crippen LogP contribution is -2.47. The smallest absolute Gasteiger partial charge is 0.459 e. The molecule has 222 valence electrons. The van der Waals surface area contributed by atoms with Crippen LogP contribution in [0.15, 0.2) is 35.3 Å². The average molecular weight is 588 g/mol. The third-order valence-electron chi connectivity index (χ3n) is 4.80. The van der Waals surface area contributed by atoms with E-state index >= 15 is 0 Å². The highest BCUT2D eigenvalue weighted by molar-refractivity contribution is 5.89. The summed E-state index contributed by atoms with van der Waals surface area (Å²) in [7, 11) is 1.18. The monoisotopic (exact) mass is 588 g/mol. The van der Waals surface area contributed by atoms with Gasteiger partial charge in [-0.2, -0.15) is 26.3 Å². The Labute approximate surface area is 220 Å². The second kappa shape index (κ2) is 14.2. The number of rotatable bonds is 5. The van der Waals surface area contributed by atoms with Crippen LogP contribution in [0.4, 0.5) is 41.2 Å². The number of anilines is 1. The molecule has 1 atom stereocenters. The number of ether oxygens (including phenoxy) is 1. The fraction of sp³-hybridized carbons (Fsp3) is 0.364. The molecule has 0 spiro atoms. The number of carbonyl (C=O) groups is 4. The van der Waals surface area contributed by atoms with E-state index in [0.29, 0.717) is 5.56 Å². The quantitative estimate of drug-likeness (QED) is 0.380. The lowest BCUT2D eigenvalue weighted by atomic mass is 9.81. The number of nitrogens with one attached hydrogen (secondary N) is 2. The number of alkyl halides is 6. The van der Waals surface area contributed by atoms with Crippen LogP contribution in [-0.4, -0.2) is 64.2 Å². The van der Waals surface area contributed by atoms with E-state index in [0.717, 1.165) is 0 Å². The van der Waals surface area contributed by atoms with Gasteiger partial charge in [0.15, 0.2) is 0 Å². The van der Waals surface area contributed by atoms with Gasteiger partial charge in [0.05, 0.1) is 13.3 Å². The normalized spacial score (nSPS) is 12.0. The van der Waals surface area contributed by atoms with Crippen molar-refractivity contribution in [2.45, 2.75) is 39.2 Å². The summed E-state index contributed by atoms with van der Waals surface area (Å²) in [5.74, 6) is -5.15. The minimum Gasteiger partial charge on any atom is -0.480 e. The van der Waals surface area contributed by atoms with Crippen LogP contribution >= 0.6 is 0 Å². The number of nitrogens with zero attached hydrogens (tertiary/aromatic N) is 1. The third kappa shape index (κ3) is 11.2. The van der Waals surface area contributed by atoms with E-state index in [1.54, 1.807) is 0 Å². The number of Topliss-reactive ketones (excluding diaryl/α,β-unsaturated/α-hetero) is 2. The largest absolute Gasteiger partial charge is 0.480 e. The van der Waals surface area contributed by atoms with Gasteiger partial charge in [0.25, 0.3) is 5.56 Å². The second-order valence-electron chi connectivity index (χ2n) is 8.02. The Morgan fingerprint density at radius 1 is 1.02 bits per heavy atom. The molecule has 11 nitrogen and oxygen atoms in total. The summed E-state index contributed by atoms with van der Waals surface area (Å²) in [6.07, 6.45) is -11.2. The molecule has 0 saturated heterocycles. The van der Waals surface area contributed by atoms with Gasteiger partial charge < -0.3 is 20.6 Å². The fourth-order valence-electron chi connectivity index (χ4n) is 2.09. The van der Waals surface area contributed by atoms with Crippen molar-refractivity contribution in [3.63, 3.8) is 0 Å². The van der Waals surface area contributed by atoms with Crippen LogP contribution in [0.2, 0.25) is 0 Å². The number of nitrogens with two attached hydrogens (primary N) is 1. The maximum atomic E-state index is 12.8. The lowest BCUT2D eigenvalue weighted by molar-refractivity contribution is -0.217. The van der Waals surface area contributed by atoms with Crippen LogP contribution in [0.3, 0.4) is 0 Å². The zero-order chi connectivity index (χ0) is 31.6. The second-order valence-corrected chi connectivity index (χ2v) is 8.02. The van der Waals surface area contributed by atoms with Crippen LogP contribution in [0.25, 0.3) is 11.4 Å². The summed E-state index contributed by atoms with van der Waals surface area (Å²) in [5, 5.41) is 10.7. The third-order valence-corrected chi connectivity index (χ3v) is 4.80. The number of aliphatic carboxylic acids is 1. The van der Waals surface area contributed by atoms with Gasteiger partial charge >= 0.3 is 30.2 Å². The lowest BCUT2D eigenvalue weighted by Gasteiger charge is -2.24. The first-order valence-electron chi connectivity index (χ1n) is 10.4. The van der Waals surface area contributed by atoms with Gasteiger partial charge in [0, 0.05) is 11.0 Å². The highest BCUT2D eigenvalue weighted by Gasteiger charge is 2.55. The molecule has 0 saturated carbocycles. The van der Waals surface area contributed by atoms with Crippen molar-refractivity contribution in [1.29, 1.82) is 0 Å². The molecule has 1 aromatic carbocycles. The van der Waals surface area contributed by atoms with Gasteiger partial charge in [0.1, 0.15) is 29.2 Å². The summed E-state index contributed by atoms with van der Waals surface area (Å²) in [6, 6.07) is 4.37. The molecule has 0 fully saturated rings. The number of aromatic amines is 1. The van der Waals surface area contributed by atoms with Crippen molar-refractivity contribution >= 4 is 29.3 Å². The van der Waals surface area contributed by atoms with Crippen LogP contribution in [0.5, 0.6) is 0 Å². The summed E-state index contributed by atoms with van der Waals surface area (Å²) < 4.78 is 82.4. The first-order valence-corrected chi connectivity index (χ1v) is 10.4. The van der Waals surface area contributed by atoms with Crippen LogP contribution in [0, 0.1) is 11.2 Å². The number of carboxylic acids is 1.